The Morgan fingerprint density at radius 2 is 1.95 bits per heavy atom. The van der Waals surface area contributed by atoms with E-state index in [9.17, 15) is 4.79 Å². The van der Waals surface area contributed by atoms with Crippen molar-refractivity contribution in [1.29, 1.82) is 5.26 Å². The lowest BCUT2D eigenvalue weighted by atomic mass is 10.2. The summed E-state index contributed by atoms with van der Waals surface area (Å²) in [6.07, 6.45) is 0.363. The molecule has 1 amide bonds. The molecule has 2 rings (SSSR count). The molecule has 0 aromatic heterocycles. The molecular weight excluding hydrogens is 266 g/mol. The van der Waals surface area contributed by atoms with Crippen LogP contribution in [-0.2, 0) is 4.74 Å². The summed E-state index contributed by atoms with van der Waals surface area (Å²) in [5.74, 6) is -0.000825. The smallest absolute Gasteiger partial charge is 0.253 e. The van der Waals surface area contributed by atoms with Crippen LogP contribution in [0.4, 0.5) is 0 Å². The van der Waals surface area contributed by atoms with Gasteiger partial charge in [0.2, 0.25) is 0 Å². The molecule has 1 heterocycles. The SMILES string of the molecule is N#CCCN(CCN1CCOCC1)C(=O)c1ccccc1. The Bertz CT molecular complexity index is 478. The third kappa shape index (κ3) is 4.85. The minimum Gasteiger partial charge on any atom is -0.379 e. The molecule has 1 aliphatic rings. The zero-order chi connectivity index (χ0) is 14.9. The van der Waals surface area contributed by atoms with Crippen LogP contribution in [0, 0.1) is 11.3 Å². The van der Waals surface area contributed by atoms with E-state index in [-0.39, 0.29) is 5.91 Å². The van der Waals surface area contributed by atoms with Crippen molar-refractivity contribution in [2.75, 3.05) is 45.9 Å². The third-order valence-corrected chi connectivity index (χ3v) is 3.59. The lowest BCUT2D eigenvalue weighted by molar-refractivity contribution is 0.0326. The number of rotatable bonds is 6. The van der Waals surface area contributed by atoms with E-state index in [1.54, 1.807) is 4.90 Å². The lowest BCUT2D eigenvalue weighted by Gasteiger charge is -2.30. The predicted octanol–water partition coefficient (Wildman–Crippen LogP) is 1.37. The van der Waals surface area contributed by atoms with Crippen molar-refractivity contribution in [3.8, 4) is 6.07 Å². The van der Waals surface area contributed by atoms with Gasteiger partial charge in [0.1, 0.15) is 0 Å². The van der Waals surface area contributed by atoms with Crippen LogP contribution in [0.25, 0.3) is 0 Å². The number of nitriles is 1. The number of morpholine rings is 1. The number of carbonyl (C=O) groups excluding carboxylic acids is 1. The Labute approximate surface area is 125 Å². The molecule has 0 unspecified atom stereocenters. The molecule has 0 radical (unpaired) electrons. The van der Waals surface area contributed by atoms with Crippen LogP contribution in [0.2, 0.25) is 0 Å². The maximum Gasteiger partial charge on any atom is 0.253 e. The zero-order valence-electron chi connectivity index (χ0n) is 12.2. The van der Waals surface area contributed by atoms with Crippen LogP contribution in [0.15, 0.2) is 30.3 Å². The molecular formula is C16H21N3O2. The Balaban J connectivity index is 1.93. The van der Waals surface area contributed by atoms with Gasteiger partial charge in [-0.15, -0.1) is 0 Å². The summed E-state index contributed by atoms with van der Waals surface area (Å²) in [5.41, 5.74) is 0.678. The second-order valence-electron chi connectivity index (χ2n) is 5.02. The highest BCUT2D eigenvalue weighted by atomic mass is 16.5. The van der Waals surface area contributed by atoms with Gasteiger partial charge in [0.15, 0.2) is 0 Å². The summed E-state index contributed by atoms with van der Waals surface area (Å²) in [6, 6.07) is 11.4. The van der Waals surface area contributed by atoms with Gasteiger partial charge in [0, 0.05) is 38.3 Å². The number of carbonyl (C=O) groups is 1. The van der Waals surface area contributed by atoms with Crippen LogP contribution in [0.1, 0.15) is 16.8 Å². The van der Waals surface area contributed by atoms with Crippen LogP contribution in [0.3, 0.4) is 0 Å². The monoisotopic (exact) mass is 287 g/mol. The van der Waals surface area contributed by atoms with Crippen molar-refractivity contribution in [2.24, 2.45) is 0 Å². The van der Waals surface area contributed by atoms with Crippen LogP contribution in [-0.4, -0.2) is 61.6 Å². The Morgan fingerprint density at radius 3 is 2.62 bits per heavy atom. The van der Waals surface area contributed by atoms with Crippen LogP contribution in [0.5, 0.6) is 0 Å². The van der Waals surface area contributed by atoms with Gasteiger partial charge in [-0.3, -0.25) is 9.69 Å². The molecule has 0 bridgehead atoms. The van der Waals surface area contributed by atoms with E-state index < -0.39 is 0 Å². The van der Waals surface area contributed by atoms with Crippen molar-refractivity contribution in [1.82, 2.24) is 9.80 Å². The van der Waals surface area contributed by atoms with Gasteiger partial charge in [0.05, 0.1) is 25.7 Å². The van der Waals surface area contributed by atoms with Crippen LogP contribution < -0.4 is 0 Å². The molecule has 1 aromatic carbocycles. The number of hydrogen-bond acceptors (Lipinski definition) is 4. The summed E-state index contributed by atoms with van der Waals surface area (Å²) in [6.45, 7) is 5.28. The summed E-state index contributed by atoms with van der Waals surface area (Å²) in [5, 5.41) is 8.77. The first-order valence-corrected chi connectivity index (χ1v) is 7.32. The van der Waals surface area contributed by atoms with Gasteiger partial charge in [-0.25, -0.2) is 0 Å². The highest BCUT2D eigenvalue weighted by molar-refractivity contribution is 5.94. The Morgan fingerprint density at radius 1 is 1.24 bits per heavy atom. The number of ether oxygens (including phenoxy) is 1. The molecule has 21 heavy (non-hydrogen) atoms. The Hall–Kier alpha value is -1.90. The fourth-order valence-electron chi connectivity index (χ4n) is 2.35. The Kier molecular flexibility index (Phi) is 6.20. The van der Waals surface area contributed by atoms with Crippen molar-refractivity contribution < 1.29 is 9.53 Å². The first-order chi connectivity index (χ1) is 10.3. The molecule has 0 spiro atoms. The first-order valence-electron chi connectivity index (χ1n) is 7.32. The van der Waals surface area contributed by atoms with Crippen molar-refractivity contribution in [3.63, 3.8) is 0 Å². The van der Waals surface area contributed by atoms with Gasteiger partial charge >= 0.3 is 0 Å². The molecule has 0 atom stereocenters. The largest absolute Gasteiger partial charge is 0.379 e. The van der Waals surface area contributed by atoms with Gasteiger partial charge in [0.25, 0.3) is 5.91 Å². The lowest BCUT2D eigenvalue weighted by Crippen LogP contribution is -2.43. The molecule has 1 saturated heterocycles. The summed E-state index contributed by atoms with van der Waals surface area (Å²) >= 11 is 0. The van der Waals surface area contributed by atoms with E-state index in [4.69, 9.17) is 10.00 Å². The quantitative estimate of drug-likeness (QED) is 0.793. The molecule has 0 N–H and O–H groups in total. The summed E-state index contributed by atoms with van der Waals surface area (Å²) in [4.78, 5) is 16.6. The maximum absolute atomic E-state index is 12.5. The summed E-state index contributed by atoms with van der Waals surface area (Å²) < 4.78 is 5.32. The minimum absolute atomic E-state index is 0.000825. The van der Waals surface area contributed by atoms with Crippen molar-refractivity contribution in [3.05, 3.63) is 35.9 Å². The molecule has 1 fully saturated rings. The predicted molar refractivity (Wildman–Crippen MR) is 79.8 cm³/mol. The molecule has 5 heteroatoms. The molecule has 1 aliphatic heterocycles. The number of benzene rings is 1. The molecule has 0 saturated carbocycles. The van der Waals surface area contributed by atoms with E-state index in [1.807, 2.05) is 30.3 Å². The zero-order valence-corrected chi connectivity index (χ0v) is 12.2. The van der Waals surface area contributed by atoms with Crippen molar-refractivity contribution >= 4 is 5.91 Å². The number of nitrogens with zero attached hydrogens (tertiary/aromatic N) is 3. The molecule has 112 valence electrons. The van der Waals surface area contributed by atoms with Crippen molar-refractivity contribution in [2.45, 2.75) is 6.42 Å². The minimum atomic E-state index is -0.000825. The standard InChI is InChI=1S/C16H21N3O2/c17-7-4-8-19(10-9-18-11-13-21-14-12-18)16(20)15-5-2-1-3-6-15/h1-3,5-6H,4,8-14H2. The van der Waals surface area contributed by atoms with E-state index in [0.717, 1.165) is 32.8 Å². The molecule has 0 aliphatic carbocycles. The van der Waals surface area contributed by atoms with Gasteiger partial charge in [-0.05, 0) is 12.1 Å². The van der Waals surface area contributed by atoms with Gasteiger partial charge < -0.3 is 9.64 Å². The third-order valence-electron chi connectivity index (χ3n) is 3.59. The molecule has 5 nitrogen and oxygen atoms in total. The van der Waals surface area contributed by atoms with E-state index in [0.29, 0.717) is 25.1 Å². The van der Waals surface area contributed by atoms with Crippen LogP contribution >= 0.6 is 0 Å². The van der Waals surface area contributed by atoms with Gasteiger partial charge in [-0.1, -0.05) is 18.2 Å². The van der Waals surface area contributed by atoms with Gasteiger partial charge in [-0.2, -0.15) is 5.26 Å². The van der Waals surface area contributed by atoms with E-state index >= 15 is 0 Å². The topological polar surface area (TPSA) is 56.6 Å². The fourth-order valence-corrected chi connectivity index (χ4v) is 2.35. The highest BCUT2D eigenvalue weighted by Crippen LogP contribution is 2.06. The highest BCUT2D eigenvalue weighted by Gasteiger charge is 2.17. The number of amides is 1. The second kappa shape index (κ2) is 8.40. The van der Waals surface area contributed by atoms with E-state index in [1.165, 1.54) is 0 Å². The van der Waals surface area contributed by atoms with E-state index in [2.05, 4.69) is 11.0 Å². The second-order valence-corrected chi connectivity index (χ2v) is 5.02. The fraction of sp³-hybridized carbons (Fsp3) is 0.500. The average molecular weight is 287 g/mol. The first kappa shape index (κ1) is 15.5. The average Bonchev–Trinajstić information content (AvgIpc) is 2.56. The number of hydrogen-bond donors (Lipinski definition) is 0. The normalized spacial score (nSPS) is 15.4. The summed E-state index contributed by atoms with van der Waals surface area (Å²) in [7, 11) is 0. The molecule has 1 aromatic rings. The maximum atomic E-state index is 12.5.